The summed E-state index contributed by atoms with van der Waals surface area (Å²) >= 11 is 0. The van der Waals surface area contributed by atoms with Crippen LogP contribution in [0.5, 0.6) is 0 Å². The Morgan fingerprint density at radius 3 is 2.55 bits per heavy atom. The summed E-state index contributed by atoms with van der Waals surface area (Å²) in [6.07, 6.45) is 1.62. The molecule has 31 heavy (non-hydrogen) atoms. The first-order chi connectivity index (χ1) is 14.7. The number of rotatable bonds is 9. The van der Waals surface area contributed by atoms with Crippen LogP contribution in [0.15, 0.2) is 29.3 Å². The first-order valence-corrected chi connectivity index (χ1v) is 10.9. The molecule has 2 atom stereocenters. The largest absolute Gasteiger partial charge is 0.396 e. The predicted octanol–water partition coefficient (Wildman–Crippen LogP) is 2.16. The van der Waals surface area contributed by atoms with Crippen LogP contribution in [0, 0.1) is 11.2 Å². The molecular formula is C22H36FIN4O3. The quantitative estimate of drug-likeness (QED) is 0.249. The third-order valence-electron chi connectivity index (χ3n) is 5.95. The zero-order chi connectivity index (χ0) is 21.2. The Hall–Kier alpha value is -1.01. The molecule has 2 aliphatic heterocycles. The average Bonchev–Trinajstić information content (AvgIpc) is 3.23. The van der Waals surface area contributed by atoms with Crippen molar-refractivity contribution in [3.63, 3.8) is 0 Å². The van der Waals surface area contributed by atoms with Gasteiger partial charge in [0.1, 0.15) is 5.82 Å². The molecule has 9 heteroatoms. The summed E-state index contributed by atoms with van der Waals surface area (Å²) in [6, 6.07) is 6.84. The predicted molar refractivity (Wildman–Crippen MR) is 131 cm³/mol. The van der Waals surface area contributed by atoms with Crippen LogP contribution in [0.25, 0.3) is 0 Å². The number of benzene rings is 1. The van der Waals surface area contributed by atoms with Gasteiger partial charge in [-0.25, -0.2) is 4.39 Å². The summed E-state index contributed by atoms with van der Waals surface area (Å²) in [5.74, 6) is 0.525. The minimum absolute atomic E-state index is 0. The van der Waals surface area contributed by atoms with Crippen LogP contribution in [0.4, 0.5) is 4.39 Å². The highest BCUT2D eigenvalue weighted by Gasteiger charge is 2.34. The SMILES string of the molecule is CCNC(=NCC1(CCO)CCOC1)NCC(c1ccc(F)cc1)N1CCOCC1.I. The summed E-state index contributed by atoms with van der Waals surface area (Å²) < 4.78 is 24.5. The molecule has 2 fully saturated rings. The van der Waals surface area contributed by atoms with E-state index in [9.17, 15) is 9.50 Å². The van der Waals surface area contributed by atoms with E-state index in [-0.39, 0.29) is 47.9 Å². The number of aliphatic imine (C=N–C) groups is 1. The highest BCUT2D eigenvalue weighted by molar-refractivity contribution is 14.0. The summed E-state index contributed by atoms with van der Waals surface area (Å²) in [6.45, 7) is 8.67. The van der Waals surface area contributed by atoms with Crippen LogP contribution in [0.2, 0.25) is 0 Å². The number of hydrogen-bond donors (Lipinski definition) is 3. The second-order valence-electron chi connectivity index (χ2n) is 8.07. The number of ether oxygens (including phenoxy) is 2. The smallest absolute Gasteiger partial charge is 0.191 e. The van der Waals surface area contributed by atoms with Crippen molar-refractivity contribution in [2.24, 2.45) is 10.4 Å². The molecule has 3 rings (SSSR count). The normalized spacial score (nSPS) is 23.3. The average molecular weight is 550 g/mol. The molecule has 0 bridgehead atoms. The molecule has 0 spiro atoms. The minimum Gasteiger partial charge on any atom is -0.396 e. The van der Waals surface area contributed by atoms with Crippen LogP contribution in [0.1, 0.15) is 31.4 Å². The number of aliphatic hydroxyl groups is 1. The number of nitrogens with zero attached hydrogens (tertiary/aromatic N) is 2. The number of morpholine rings is 1. The molecule has 7 nitrogen and oxygen atoms in total. The molecule has 2 aliphatic rings. The van der Waals surface area contributed by atoms with Crippen LogP contribution < -0.4 is 10.6 Å². The Labute approximate surface area is 201 Å². The number of guanidine groups is 1. The first kappa shape index (κ1) is 26.2. The Balaban J connectivity index is 0.00000341. The number of hydrogen-bond acceptors (Lipinski definition) is 5. The Bertz CT molecular complexity index is 665. The van der Waals surface area contributed by atoms with Gasteiger partial charge < -0.3 is 25.2 Å². The van der Waals surface area contributed by atoms with Gasteiger partial charge in [0.25, 0.3) is 0 Å². The van der Waals surface area contributed by atoms with Gasteiger partial charge in [0, 0.05) is 44.8 Å². The van der Waals surface area contributed by atoms with Gasteiger partial charge in [0.05, 0.1) is 32.4 Å². The lowest BCUT2D eigenvalue weighted by molar-refractivity contribution is 0.0170. The van der Waals surface area contributed by atoms with E-state index in [2.05, 4.69) is 15.5 Å². The van der Waals surface area contributed by atoms with E-state index in [4.69, 9.17) is 14.5 Å². The van der Waals surface area contributed by atoms with E-state index in [1.165, 1.54) is 12.1 Å². The van der Waals surface area contributed by atoms with Crippen molar-refractivity contribution in [1.29, 1.82) is 0 Å². The van der Waals surface area contributed by atoms with E-state index in [1.807, 2.05) is 19.1 Å². The standard InChI is InChI=1S/C22H35FN4O3.HI/c1-2-24-21(26-16-22(7-11-28)8-12-30-17-22)25-15-20(27-9-13-29-14-10-27)18-3-5-19(23)6-4-18;/h3-6,20,28H,2,7-17H2,1H3,(H2,24,25,26);1H. The van der Waals surface area contributed by atoms with Crippen molar-refractivity contribution in [1.82, 2.24) is 15.5 Å². The van der Waals surface area contributed by atoms with Crippen molar-refractivity contribution >= 4 is 29.9 Å². The molecule has 2 unspecified atom stereocenters. The first-order valence-electron chi connectivity index (χ1n) is 10.9. The molecular weight excluding hydrogens is 514 g/mol. The van der Waals surface area contributed by atoms with Crippen molar-refractivity contribution < 1.29 is 19.0 Å². The summed E-state index contributed by atoms with van der Waals surface area (Å²) in [7, 11) is 0. The lowest BCUT2D eigenvalue weighted by atomic mass is 9.84. The number of aliphatic hydroxyl groups excluding tert-OH is 1. The van der Waals surface area contributed by atoms with Gasteiger partial charge in [-0.2, -0.15) is 0 Å². The molecule has 1 aromatic rings. The summed E-state index contributed by atoms with van der Waals surface area (Å²) in [4.78, 5) is 7.18. The lowest BCUT2D eigenvalue weighted by Gasteiger charge is -2.35. The Morgan fingerprint density at radius 1 is 1.19 bits per heavy atom. The zero-order valence-corrected chi connectivity index (χ0v) is 20.6. The maximum absolute atomic E-state index is 13.4. The van der Waals surface area contributed by atoms with Crippen molar-refractivity contribution in [2.75, 3.05) is 65.8 Å². The molecule has 0 amide bonds. The summed E-state index contributed by atoms with van der Waals surface area (Å²) in [5, 5.41) is 16.2. The zero-order valence-electron chi connectivity index (χ0n) is 18.3. The van der Waals surface area contributed by atoms with E-state index in [0.717, 1.165) is 44.2 Å². The molecule has 2 heterocycles. The fraction of sp³-hybridized carbons (Fsp3) is 0.682. The van der Waals surface area contributed by atoms with Gasteiger partial charge >= 0.3 is 0 Å². The second-order valence-corrected chi connectivity index (χ2v) is 8.07. The third kappa shape index (κ3) is 7.81. The van der Waals surface area contributed by atoms with Crippen LogP contribution >= 0.6 is 24.0 Å². The molecule has 0 aliphatic carbocycles. The van der Waals surface area contributed by atoms with Gasteiger partial charge in [0.15, 0.2) is 5.96 Å². The topological polar surface area (TPSA) is 78.4 Å². The van der Waals surface area contributed by atoms with Crippen LogP contribution in [0.3, 0.4) is 0 Å². The monoisotopic (exact) mass is 550 g/mol. The highest BCUT2D eigenvalue weighted by atomic mass is 127. The van der Waals surface area contributed by atoms with Crippen molar-refractivity contribution in [3.05, 3.63) is 35.6 Å². The van der Waals surface area contributed by atoms with E-state index in [1.54, 1.807) is 0 Å². The Morgan fingerprint density at radius 2 is 1.94 bits per heavy atom. The Kier molecular flexibility index (Phi) is 11.4. The van der Waals surface area contributed by atoms with Gasteiger partial charge in [-0.15, -0.1) is 24.0 Å². The van der Waals surface area contributed by atoms with Crippen molar-refractivity contribution in [3.8, 4) is 0 Å². The number of halogens is 2. The van der Waals surface area contributed by atoms with E-state index in [0.29, 0.717) is 39.3 Å². The van der Waals surface area contributed by atoms with Gasteiger partial charge in [0.2, 0.25) is 0 Å². The fourth-order valence-corrected chi connectivity index (χ4v) is 4.10. The number of nitrogens with one attached hydrogen (secondary N) is 2. The van der Waals surface area contributed by atoms with Crippen molar-refractivity contribution in [2.45, 2.75) is 25.8 Å². The lowest BCUT2D eigenvalue weighted by Crippen LogP contribution is -2.46. The molecule has 3 N–H and O–H groups in total. The second kappa shape index (κ2) is 13.5. The molecule has 0 radical (unpaired) electrons. The molecule has 1 aromatic carbocycles. The molecule has 0 saturated carbocycles. The molecule has 0 aromatic heterocycles. The maximum atomic E-state index is 13.4. The third-order valence-corrected chi connectivity index (χ3v) is 5.95. The highest BCUT2D eigenvalue weighted by Crippen LogP contribution is 2.32. The van der Waals surface area contributed by atoms with Gasteiger partial charge in [-0.05, 0) is 37.5 Å². The van der Waals surface area contributed by atoms with E-state index >= 15 is 0 Å². The molecule has 176 valence electrons. The fourth-order valence-electron chi connectivity index (χ4n) is 4.10. The minimum atomic E-state index is -0.227. The molecule has 2 saturated heterocycles. The van der Waals surface area contributed by atoms with Crippen LogP contribution in [-0.4, -0.2) is 81.7 Å². The van der Waals surface area contributed by atoms with Gasteiger partial charge in [-0.3, -0.25) is 9.89 Å². The van der Waals surface area contributed by atoms with E-state index < -0.39 is 0 Å². The van der Waals surface area contributed by atoms with Crippen LogP contribution in [-0.2, 0) is 9.47 Å². The summed E-state index contributed by atoms with van der Waals surface area (Å²) in [5.41, 5.74) is 0.986. The van der Waals surface area contributed by atoms with Gasteiger partial charge in [-0.1, -0.05) is 12.1 Å². The maximum Gasteiger partial charge on any atom is 0.191 e.